The summed E-state index contributed by atoms with van der Waals surface area (Å²) in [4.78, 5) is 10.9. The van der Waals surface area contributed by atoms with Crippen molar-refractivity contribution in [2.45, 2.75) is 89.9 Å². The van der Waals surface area contributed by atoms with Gasteiger partial charge in [0, 0.05) is 6.42 Å². The van der Waals surface area contributed by atoms with Crippen LogP contribution in [0.4, 0.5) is 0 Å². The minimum absolute atomic E-state index is 0.628. The lowest BCUT2D eigenvalue weighted by Crippen LogP contribution is -2.01. The number of allylic oxidation sites excluding steroid dienone is 4. The monoisotopic (exact) mass is 290 g/mol. The molecule has 118 valence electrons. The topological polar surface area (TPSA) is 26.3 Å². The minimum atomic E-state index is 0.628. The fourth-order valence-electron chi connectivity index (χ4n) is 3.58. The van der Waals surface area contributed by atoms with Crippen LogP contribution in [0.25, 0.3) is 0 Å². The van der Waals surface area contributed by atoms with Gasteiger partial charge in [-0.25, -0.2) is 0 Å². The lowest BCUT2D eigenvalue weighted by molar-refractivity contribution is -0.125. The number of carbonyl (C=O) groups excluding carboxylic acids is 1. The third-order valence-corrected chi connectivity index (χ3v) is 4.79. The van der Waals surface area contributed by atoms with Crippen LogP contribution >= 0.6 is 0 Å². The lowest BCUT2D eigenvalue weighted by atomic mass is 9.93. The van der Waals surface area contributed by atoms with Gasteiger partial charge in [0.1, 0.15) is 5.76 Å². The maximum absolute atomic E-state index is 10.9. The van der Waals surface area contributed by atoms with Crippen LogP contribution in [0.2, 0.25) is 0 Å². The molecule has 0 aromatic rings. The molecule has 0 saturated heterocycles. The van der Waals surface area contributed by atoms with E-state index in [9.17, 15) is 4.79 Å². The highest BCUT2D eigenvalue weighted by Gasteiger charge is 2.15. The van der Waals surface area contributed by atoms with Gasteiger partial charge in [-0.3, -0.25) is 4.79 Å². The van der Waals surface area contributed by atoms with E-state index >= 15 is 0 Å². The summed E-state index contributed by atoms with van der Waals surface area (Å²) in [6, 6.07) is 0. The fourth-order valence-corrected chi connectivity index (χ4v) is 3.58. The van der Waals surface area contributed by atoms with Crippen LogP contribution in [0, 0.1) is 0 Å². The predicted molar refractivity (Wildman–Crippen MR) is 86.9 cm³/mol. The first-order chi connectivity index (χ1) is 10.4. The second-order valence-electron chi connectivity index (χ2n) is 6.42. The number of hydrogen-bond donors (Lipinski definition) is 0. The second kappa shape index (κ2) is 9.81. The zero-order valence-electron chi connectivity index (χ0n) is 13.4. The maximum atomic E-state index is 10.9. The van der Waals surface area contributed by atoms with Crippen LogP contribution in [0.1, 0.15) is 89.9 Å². The van der Waals surface area contributed by atoms with E-state index in [1.807, 2.05) is 0 Å². The molecule has 0 N–H and O–H groups in total. The molecule has 0 bridgehead atoms. The molecule has 0 spiro atoms. The number of carbonyl (C=O) groups is 1. The van der Waals surface area contributed by atoms with E-state index in [0.717, 1.165) is 25.0 Å². The molecule has 2 heteroatoms. The summed E-state index contributed by atoms with van der Waals surface area (Å²) in [7, 11) is 0. The Morgan fingerprint density at radius 2 is 1.38 bits per heavy atom. The molecule has 0 aromatic heterocycles. The van der Waals surface area contributed by atoms with Gasteiger partial charge < -0.3 is 4.74 Å². The van der Waals surface area contributed by atoms with Crippen LogP contribution in [-0.4, -0.2) is 6.47 Å². The van der Waals surface area contributed by atoms with Gasteiger partial charge in [0.05, 0.1) is 0 Å². The molecule has 0 fully saturated rings. The van der Waals surface area contributed by atoms with Gasteiger partial charge in [0.2, 0.25) is 0 Å². The summed E-state index contributed by atoms with van der Waals surface area (Å²) in [5.41, 5.74) is 2.85. The minimum Gasteiger partial charge on any atom is -0.433 e. The Bertz CT molecular complexity index is 379. The highest BCUT2D eigenvalue weighted by molar-refractivity contribution is 5.43. The van der Waals surface area contributed by atoms with Crippen molar-refractivity contribution in [2.75, 3.05) is 0 Å². The molecule has 0 amide bonds. The van der Waals surface area contributed by atoms with Crippen LogP contribution in [0.5, 0.6) is 0 Å². The molecule has 0 atom stereocenters. The Hall–Kier alpha value is -1.05. The standard InChI is InChI=1S/C19H30O2/c20-16-21-19-15-11-7-3-6-10-14-18(19)17-12-8-4-1-2-5-9-13-17/h12,16H,1-11,13-15H2/b17-12+,19-18-. The maximum Gasteiger partial charge on any atom is 0.298 e. The normalized spacial score (nSPS) is 28.7. The summed E-state index contributed by atoms with van der Waals surface area (Å²) < 4.78 is 5.40. The van der Waals surface area contributed by atoms with Crippen molar-refractivity contribution in [3.63, 3.8) is 0 Å². The molecule has 0 aliphatic heterocycles. The van der Waals surface area contributed by atoms with Gasteiger partial charge in [0.25, 0.3) is 6.47 Å². The van der Waals surface area contributed by atoms with Crippen LogP contribution in [0.15, 0.2) is 23.0 Å². The lowest BCUT2D eigenvalue weighted by Gasteiger charge is -2.16. The molecule has 2 aliphatic carbocycles. The van der Waals surface area contributed by atoms with Gasteiger partial charge in [-0.2, -0.15) is 0 Å². The highest BCUT2D eigenvalue weighted by atomic mass is 16.5. The SMILES string of the molecule is O=CO/C1=C(\C2=C\CCCCCCC2)CCCCCCC1. The zero-order valence-corrected chi connectivity index (χ0v) is 13.4. The first kappa shape index (κ1) is 16.3. The fraction of sp³-hybridized carbons (Fsp3) is 0.737. The van der Waals surface area contributed by atoms with Crippen molar-refractivity contribution in [3.8, 4) is 0 Å². The third-order valence-electron chi connectivity index (χ3n) is 4.79. The first-order valence-corrected chi connectivity index (χ1v) is 8.93. The van der Waals surface area contributed by atoms with Crippen molar-refractivity contribution in [1.29, 1.82) is 0 Å². The Morgan fingerprint density at radius 1 is 0.762 bits per heavy atom. The molecule has 2 rings (SSSR count). The summed E-state index contributed by atoms with van der Waals surface area (Å²) in [6.45, 7) is 0.628. The zero-order chi connectivity index (χ0) is 14.8. The van der Waals surface area contributed by atoms with E-state index in [1.54, 1.807) is 0 Å². The molecule has 2 aliphatic rings. The molecular formula is C19H30O2. The van der Waals surface area contributed by atoms with Crippen molar-refractivity contribution in [2.24, 2.45) is 0 Å². The molecule has 2 nitrogen and oxygen atoms in total. The smallest absolute Gasteiger partial charge is 0.298 e. The van der Waals surface area contributed by atoms with E-state index in [2.05, 4.69) is 6.08 Å². The van der Waals surface area contributed by atoms with E-state index in [4.69, 9.17) is 4.74 Å². The van der Waals surface area contributed by atoms with Gasteiger partial charge in [-0.05, 0) is 56.1 Å². The van der Waals surface area contributed by atoms with Crippen molar-refractivity contribution >= 4 is 6.47 Å². The van der Waals surface area contributed by atoms with Crippen molar-refractivity contribution in [3.05, 3.63) is 23.0 Å². The molecular weight excluding hydrogens is 260 g/mol. The molecule has 0 aromatic carbocycles. The molecule has 0 unspecified atom stereocenters. The second-order valence-corrected chi connectivity index (χ2v) is 6.42. The van der Waals surface area contributed by atoms with Crippen LogP contribution < -0.4 is 0 Å². The summed E-state index contributed by atoms with van der Waals surface area (Å²) in [5.74, 6) is 0.970. The van der Waals surface area contributed by atoms with E-state index in [1.165, 1.54) is 81.8 Å². The largest absolute Gasteiger partial charge is 0.433 e. The number of ether oxygens (including phenoxy) is 1. The van der Waals surface area contributed by atoms with Crippen molar-refractivity contribution in [1.82, 2.24) is 0 Å². The van der Waals surface area contributed by atoms with Gasteiger partial charge in [0.15, 0.2) is 0 Å². The summed E-state index contributed by atoms with van der Waals surface area (Å²) in [5, 5.41) is 0. The quantitative estimate of drug-likeness (QED) is 0.611. The molecule has 0 heterocycles. The number of rotatable bonds is 3. The summed E-state index contributed by atoms with van der Waals surface area (Å²) >= 11 is 0. The van der Waals surface area contributed by atoms with Gasteiger partial charge in [-0.1, -0.05) is 44.6 Å². The molecule has 21 heavy (non-hydrogen) atoms. The van der Waals surface area contributed by atoms with E-state index < -0.39 is 0 Å². The number of hydrogen-bond acceptors (Lipinski definition) is 2. The average Bonchev–Trinajstić information content (AvgIpc) is 2.69. The van der Waals surface area contributed by atoms with E-state index in [-0.39, 0.29) is 0 Å². The molecule has 0 saturated carbocycles. The van der Waals surface area contributed by atoms with Crippen LogP contribution in [-0.2, 0) is 9.53 Å². The Labute approximate surface area is 129 Å². The highest BCUT2D eigenvalue weighted by Crippen LogP contribution is 2.32. The van der Waals surface area contributed by atoms with E-state index in [0.29, 0.717) is 6.47 Å². The third kappa shape index (κ3) is 5.68. The first-order valence-electron chi connectivity index (χ1n) is 8.93. The van der Waals surface area contributed by atoms with Crippen LogP contribution in [0.3, 0.4) is 0 Å². The average molecular weight is 290 g/mol. The van der Waals surface area contributed by atoms with Gasteiger partial charge >= 0.3 is 0 Å². The Morgan fingerprint density at radius 3 is 2.14 bits per heavy atom. The van der Waals surface area contributed by atoms with Gasteiger partial charge in [-0.15, -0.1) is 0 Å². The Kier molecular flexibility index (Phi) is 7.62. The summed E-state index contributed by atoms with van der Waals surface area (Å²) in [6.07, 6.45) is 19.8. The predicted octanol–water partition coefficient (Wildman–Crippen LogP) is 5.83. The molecule has 0 radical (unpaired) electrons. The van der Waals surface area contributed by atoms with Crippen molar-refractivity contribution < 1.29 is 9.53 Å². The Balaban J connectivity index is 2.20.